The Morgan fingerprint density at radius 1 is 1.04 bits per heavy atom. The fourth-order valence-electron chi connectivity index (χ4n) is 3.27. The van der Waals surface area contributed by atoms with Gasteiger partial charge in [-0.05, 0) is 50.5 Å². The molecule has 2 aromatic rings. The molecule has 0 spiro atoms. The van der Waals surface area contributed by atoms with Gasteiger partial charge in [0.2, 0.25) is 0 Å². The van der Waals surface area contributed by atoms with Gasteiger partial charge in [-0.3, -0.25) is 4.79 Å². The molecule has 128 valence electrons. The summed E-state index contributed by atoms with van der Waals surface area (Å²) >= 11 is 0. The first-order valence-electron chi connectivity index (χ1n) is 8.74. The molecule has 5 nitrogen and oxygen atoms in total. The Bertz CT molecular complexity index is 830. The summed E-state index contributed by atoms with van der Waals surface area (Å²) in [5.74, 6) is 1.44. The van der Waals surface area contributed by atoms with E-state index in [1.165, 1.54) is 24.3 Å². The summed E-state index contributed by atoms with van der Waals surface area (Å²) in [5.41, 5.74) is 2.04. The maximum Gasteiger partial charge on any atom is 0.280 e. The highest BCUT2D eigenvalue weighted by Gasteiger charge is 2.29. The molecule has 0 unspecified atom stereocenters. The van der Waals surface area contributed by atoms with E-state index in [0.29, 0.717) is 17.0 Å². The maximum atomic E-state index is 12.7. The first-order valence-corrected chi connectivity index (χ1v) is 8.74. The van der Waals surface area contributed by atoms with Crippen molar-refractivity contribution in [1.29, 1.82) is 0 Å². The van der Waals surface area contributed by atoms with Crippen LogP contribution in [-0.2, 0) is 4.79 Å². The summed E-state index contributed by atoms with van der Waals surface area (Å²) in [6, 6.07) is 13.4. The number of benzene rings is 1. The minimum Gasteiger partial charge on any atom is -0.441 e. The van der Waals surface area contributed by atoms with Crippen LogP contribution in [0.3, 0.4) is 0 Å². The lowest BCUT2D eigenvalue weighted by molar-refractivity contribution is -0.114. The second kappa shape index (κ2) is 6.59. The van der Waals surface area contributed by atoms with Gasteiger partial charge in [0.05, 0.1) is 17.0 Å². The van der Waals surface area contributed by atoms with Crippen molar-refractivity contribution in [3.8, 4) is 0 Å². The summed E-state index contributed by atoms with van der Waals surface area (Å²) in [6.07, 6.45) is 5.48. The number of hydrazone groups is 1. The molecule has 3 heterocycles. The summed E-state index contributed by atoms with van der Waals surface area (Å²) in [4.78, 5) is 15.0. The molecule has 0 saturated carbocycles. The van der Waals surface area contributed by atoms with Crippen molar-refractivity contribution in [3.05, 3.63) is 53.8 Å². The number of piperidine rings is 1. The summed E-state index contributed by atoms with van der Waals surface area (Å²) in [7, 11) is 0. The van der Waals surface area contributed by atoms with Crippen LogP contribution in [0.25, 0.3) is 6.08 Å². The van der Waals surface area contributed by atoms with Gasteiger partial charge in [-0.1, -0.05) is 18.2 Å². The molecule has 2 aliphatic rings. The van der Waals surface area contributed by atoms with Crippen LogP contribution >= 0.6 is 0 Å². The van der Waals surface area contributed by atoms with Gasteiger partial charge in [0.15, 0.2) is 5.88 Å². The molecule has 0 bridgehead atoms. The largest absolute Gasteiger partial charge is 0.441 e. The molecular formula is C20H21N3O2. The Morgan fingerprint density at radius 2 is 1.80 bits per heavy atom. The summed E-state index contributed by atoms with van der Waals surface area (Å²) in [5, 5.41) is 5.83. The fraction of sp³-hybridized carbons (Fsp3) is 0.300. The van der Waals surface area contributed by atoms with Gasteiger partial charge in [-0.2, -0.15) is 10.1 Å². The third-order valence-corrected chi connectivity index (χ3v) is 4.63. The number of para-hydroxylation sites is 1. The lowest BCUT2D eigenvalue weighted by atomic mass is 10.1. The molecule has 2 aliphatic heterocycles. The molecule has 1 amide bonds. The van der Waals surface area contributed by atoms with Crippen LogP contribution in [0.5, 0.6) is 0 Å². The molecule has 0 atom stereocenters. The quantitative estimate of drug-likeness (QED) is 0.794. The average Bonchev–Trinajstić information content (AvgIpc) is 3.23. The zero-order valence-corrected chi connectivity index (χ0v) is 14.3. The molecule has 1 saturated heterocycles. The van der Waals surface area contributed by atoms with Crippen LogP contribution in [0.2, 0.25) is 0 Å². The van der Waals surface area contributed by atoms with Crippen molar-refractivity contribution in [2.45, 2.75) is 26.2 Å². The second-order valence-corrected chi connectivity index (χ2v) is 6.42. The number of carbonyl (C=O) groups is 1. The van der Waals surface area contributed by atoms with Crippen molar-refractivity contribution in [3.63, 3.8) is 0 Å². The van der Waals surface area contributed by atoms with E-state index in [0.717, 1.165) is 24.7 Å². The SMILES string of the molecule is CC1=NN(c2ccccc2)C(=O)/C1=C/c1ccc(N2CCCCC2)o1. The number of rotatable bonds is 3. The van der Waals surface area contributed by atoms with E-state index in [9.17, 15) is 4.79 Å². The zero-order chi connectivity index (χ0) is 17.2. The third kappa shape index (κ3) is 3.09. The van der Waals surface area contributed by atoms with E-state index < -0.39 is 0 Å². The average molecular weight is 335 g/mol. The molecular weight excluding hydrogens is 314 g/mol. The fourth-order valence-corrected chi connectivity index (χ4v) is 3.27. The lowest BCUT2D eigenvalue weighted by Gasteiger charge is -2.25. The van der Waals surface area contributed by atoms with E-state index in [4.69, 9.17) is 4.42 Å². The lowest BCUT2D eigenvalue weighted by Crippen LogP contribution is -2.28. The number of carbonyl (C=O) groups excluding carboxylic acids is 1. The second-order valence-electron chi connectivity index (χ2n) is 6.42. The summed E-state index contributed by atoms with van der Waals surface area (Å²) < 4.78 is 5.95. The smallest absolute Gasteiger partial charge is 0.280 e. The highest BCUT2D eigenvalue weighted by atomic mass is 16.4. The number of hydrogen-bond donors (Lipinski definition) is 0. The van der Waals surface area contributed by atoms with E-state index in [2.05, 4.69) is 10.0 Å². The van der Waals surface area contributed by atoms with Crippen molar-refractivity contribution >= 4 is 29.3 Å². The number of furan rings is 1. The zero-order valence-electron chi connectivity index (χ0n) is 14.3. The Balaban J connectivity index is 1.56. The monoisotopic (exact) mass is 335 g/mol. The van der Waals surface area contributed by atoms with Gasteiger partial charge < -0.3 is 9.32 Å². The van der Waals surface area contributed by atoms with Gasteiger partial charge in [0, 0.05) is 19.2 Å². The van der Waals surface area contributed by atoms with Crippen LogP contribution < -0.4 is 9.91 Å². The molecule has 0 aliphatic carbocycles. The minimum atomic E-state index is -0.125. The van der Waals surface area contributed by atoms with Crippen molar-refractivity contribution in [2.24, 2.45) is 5.10 Å². The molecule has 4 rings (SSSR count). The first kappa shape index (κ1) is 15.7. The predicted octanol–water partition coefficient (Wildman–Crippen LogP) is 4.08. The Labute approximate surface area is 147 Å². The first-order chi connectivity index (χ1) is 12.2. The topological polar surface area (TPSA) is 49.1 Å². The van der Waals surface area contributed by atoms with Gasteiger partial charge >= 0.3 is 0 Å². The van der Waals surface area contributed by atoms with Crippen LogP contribution in [0.1, 0.15) is 31.9 Å². The van der Waals surface area contributed by atoms with Gasteiger partial charge in [-0.15, -0.1) is 0 Å². The van der Waals surface area contributed by atoms with Crippen LogP contribution in [0, 0.1) is 0 Å². The Kier molecular flexibility index (Phi) is 4.14. The van der Waals surface area contributed by atoms with Crippen LogP contribution in [0.15, 0.2) is 57.6 Å². The molecule has 1 aromatic carbocycles. The standard InChI is InChI=1S/C20H21N3O2/c1-15-18(20(24)23(21-15)16-8-4-2-5-9-16)14-17-10-11-19(25-17)22-12-6-3-7-13-22/h2,4-5,8-11,14H,3,6-7,12-13H2,1H3/b18-14+. The van der Waals surface area contributed by atoms with E-state index in [-0.39, 0.29) is 5.91 Å². The molecule has 0 N–H and O–H groups in total. The van der Waals surface area contributed by atoms with Crippen LogP contribution in [-0.4, -0.2) is 24.7 Å². The molecule has 1 fully saturated rings. The van der Waals surface area contributed by atoms with E-state index in [1.54, 1.807) is 6.08 Å². The Morgan fingerprint density at radius 3 is 2.56 bits per heavy atom. The van der Waals surface area contributed by atoms with Crippen LogP contribution in [0.4, 0.5) is 11.6 Å². The normalized spacial score (nSPS) is 19.6. The highest BCUT2D eigenvalue weighted by molar-refractivity contribution is 6.32. The Hall–Kier alpha value is -2.82. The minimum absolute atomic E-state index is 0.125. The van der Waals surface area contributed by atoms with Gasteiger partial charge in [0.1, 0.15) is 5.76 Å². The van der Waals surface area contributed by atoms with Gasteiger partial charge in [0.25, 0.3) is 5.91 Å². The van der Waals surface area contributed by atoms with E-state index in [1.807, 2.05) is 49.4 Å². The number of amides is 1. The van der Waals surface area contributed by atoms with Gasteiger partial charge in [-0.25, -0.2) is 0 Å². The van der Waals surface area contributed by atoms with E-state index >= 15 is 0 Å². The molecule has 25 heavy (non-hydrogen) atoms. The number of hydrogen-bond acceptors (Lipinski definition) is 4. The maximum absolute atomic E-state index is 12.7. The third-order valence-electron chi connectivity index (χ3n) is 4.63. The number of anilines is 2. The highest BCUT2D eigenvalue weighted by Crippen LogP contribution is 2.27. The summed E-state index contributed by atoms with van der Waals surface area (Å²) in [6.45, 7) is 3.91. The molecule has 5 heteroatoms. The molecule has 1 aromatic heterocycles. The van der Waals surface area contributed by atoms with Crippen molar-refractivity contribution < 1.29 is 9.21 Å². The van der Waals surface area contributed by atoms with Crippen molar-refractivity contribution in [1.82, 2.24) is 0 Å². The predicted molar refractivity (Wildman–Crippen MR) is 99.8 cm³/mol. The number of nitrogens with zero attached hydrogens (tertiary/aromatic N) is 3. The van der Waals surface area contributed by atoms with Crippen molar-refractivity contribution in [2.75, 3.05) is 23.0 Å². The molecule has 0 radical (unpaired) electrons.